The Morgan fingerprint density at radius 1 is 1.07 bits per heavy atom. The van der Waals surface area contributed by atoms with Gasteiger partial charge in [-0.25, -0.2) is 4.79 Å². The molecule has 0 aliphatic rings. The summed E-state index contributed by atoms with van der Waals surface area (Å²) in [6.45, 7) is 7.64. The molecule has 0 saturated heterocycles. The minimum absolute atomic E-state index is 0.157. The monoisotopic (exact) mass is 371 g/mol. The molecule has 146 valence electrons. The van der Waals surface area contributed by atoms with Gasteiger partial charge >= 0.3 is 5.97 Å². The van der Waals surface area contributed by atoms with Gasteiger partial charge in [-0.2, -0.15) is 0 Å². The van der Waals surface area contributed by atoms with E-state index in [-0.39, 0.29) is 12.0 Å². The topological polar surface area (TPSA) is 65.6 Å². The molecule has 0 unspecified atom stereocenters. The Labute approximate surface area is 161 Å². The van der Waals surface area contributed by atoms with E-state index in [1.54, 1.807) is 39.6 Å². The molecule has 27 heavy (non-hydrogen) atoms. The summed E-state index contributed by atoms with van der Waals surface area (Å²) >= 11 is 0. The Bertz CT molecular complexity index is 820. The van der Waals surface area contributed by atoms with Crippen molar-refractivity contribution in [2.45, 2.75) is 40.3 Å². The third kappa shape index (κ3) is 4.70. The van der Waals surface area contributed by atoms with Crippen molar-refractivity contribution in [2.24, 2.45) is 0 Å². The first-order valence-corrected chi connectivity index (χ1v) is 9.03. The summed E-state index contributed by atoms with van der Waals surface area (Å²) in [5.41, 5.74) is 4.28. The molecule has 1 heterocycles. The lowest BCUT2D eigenvalue weighted by Crippen LogP contribution is -2.27. The Morgan fingerprint density at radius 2 is 1.67 bits per heavy atom. The highest BCUT2D eigenvalue weighted by atomic mass is 16.5. The molecular formula is C21H29N3O3. The van der Waals surface area contributed by atoms with Crippen LogP contribution in [0.1, 0.15) is 51.5 Å². The lowest BCUT2D eigenvalue weighted by molar-refractivity contribution is 0.0376. The van der Waals surface area contributed by atoms with Crippen LogP contribution < -0.4 is 4.90 Å². The van der Waals surface area contributed by atoms with E-state index in [1.165, 1.54) is 0 Å². The maximum absolute atomic E-state index is 12.9. The average Bonchev–Trinajstić information content (AvgIpc) is 2.88. The molecule has 6 heteroatoms. The number of benzene rings is 1. The van der Waals surface area contributed by atoms with Gasteiger partial charge in [-0.1, -0.05) is 12.1 Å². The number of esters is 1. The molecule has 0 radical (unpaired) electrons. The summed E-state index contributed by atoms with van der Waals surface area (Å²) in [6.07, 6.45) is -0.210. The van der Waals surface area contributed by atoms with Gasteiger partial charge in [0.2, 0.25) is 0 Å². The Hall–Kier alpha value is -2.76. The van der Waals surface area contributed by atoms with Crippen LogP contribution >= 0.6 is 0 Å². The average molecular weight is 371 g/mol. The highest BCUT2D eigenvalue weighted by Crippen LogP contribution is 2.21. The van der Waals surface area contributed by atoms with Gasteiger partial charge in [0.1, 0.15) is 5.69 Å². The number of carbonyl (C=O) groups is 2. The van der Waals surface area contributed by atoms with Crippen LogP contribution in [0.3, 0.4) is 0 Å². The second kappa shape index (κ2) is 8.29. The van der Waals surface area contributed by atoms with Crippen LogP contribution in [0.15, 0.2) is 24.3 Å². The van der Waals surface area contributed by atoms with Crippen LogP contribution in [-0.4, -0.2) is 49.0 Å². The zero-order valence-corrected chi connectivity index (χ0v) is 17.2. The number of aromatic nitrogens is 1. The van der Waals surface area contributed by atoms with Crippen LogP contribution in [0.4, 0.5) is 5.69 Å². The summed E-state index contributed by atoms with van der Waals surface area (Å²) < 4.78 is 5.29. The molecule has 0 aliphatic heterocycles. The molecule has 1 aromatic carbocycles. The Balaban J connectivity index is 2.18. The molecule has 0 fully saturated rings. The second-order valence-electron chi connectivity index (χ2n) is 7.30. The first kappa shape index (κ1) is 20.6. The van der Waals surface area contributed by atoms with Gasteiger partial charge in [0.25, 0.3) is 5.91 Å². The zero-order valence-electron chi connectivity index (χ0n) is 17.2. The minimum atomic E-state index is -0.405. The van der Waals surface area contributed by atoms with Gasteiger partial charge in [-0.3, -0.25) is 4.79 Å². The lowest BCUT2D eigenvalue weighted by atomic mass is 10.1. The highest BCUT2D eigenvalue weighted by Gasteiger charge is 2.25. The number of nitrogens with one attached hydrogen (secondary N) is 1. The number of ether oxygens (including phenoxy) is 1. The summed E-state index contributed by atoms with van der Waals surface area (Å²) in [5.74, 6) is -0.562. The van der Waals surface area contributed by atoms with Gasteiger partial charge in [0, 0.05) is 39.1 Å². The molecule has 0 saturated carbocycles. The molecule has 0 aliphatic carbocycles. The van der Waals surface area contributed by atoms with Crippen LogP contribution in [-0.2, 0) is 11.3 Å². The van der Waals surface area contributed by atoms with Crippen LogP contribution in [0, 0.1) is 13.8 Å². The van der Waals surface area contributed by atoms with Gasteiger partial charge < -0.3 is 19.5 Å². The van der Waals surface area contributed by atoms with E-state index in [0.717, 1.165) is 11.3 Å². The third-order valence-electron chi connectivity index (χ3n) is 4.42. The van der Waals surface area contributed by atoms with Gasteiger partial charge in [0.15, 0.2) is 0 Å². The van der Waals surface area contributed by atoms with Crippen molar-refractivity contribution in [1.29, 1.82) is 0 Å². The molecule has 0 atom stereocenters. The number of hydrogen-bond acceptors (Lipinski definition) is 4. The third-order valence-corrected chi connectivity index (χ3v) is 4.42. The fraction of sp³-hybridized carbons (Fsp3) is 0.429. The molecular weight excluding hydrogens is 342 g/mol. The van der Waals surface area contributed by atoms with E-state index in [0.29, 0.717) is 29.1 Å². The summed E-state index contributed by atoms with van der Waals surface area (Å²) in [5, 5.41) is 0. The van der Waals surface area contributed by atoms with Crippen molar-refractivity contribution in [3.8, 4) is 0 Å². The Morgan fingerprint density at radius 3 is 2.19 bits per heavy atom. The predicted molar refractivity (Wildman–Crippen MR) is 107 cm³/mol. The largest absolute Gasteiger partial charge is 0.459 e. The van der Waals surface area contributed by atoms with Crippen LogP contribution in [0.25, 0.3) is 0 Å². The van der Waals surface area contributed by atoms with E-state index in [9.17, 15) is 9.59 Å². The lowest BCUT2D eigenvalue weighted by Gasteiger charge is -2.18. The molecule has 2 aromatic rings. The molecule has 0 spiro atoms. The first-order chi connectivity index (χ1) is 12.6. The normalized spacial score (nSPS) is 10.8. The summed E-state index contributed by atoms with van der Waals surface area (Å²) in [7, 11) is 5.73. The maximum atomic E-state index is 12.9. The number of nitrogens with zero attached hydrogens (tertiary/aromatic N) is 2. The summed E-state index contributed by atoms with van der Waals surface area (Å²) in [4.78, 5) is 31.9. The predicted octanol–water partition coefficient (Wildman–Crippen LogP) is 3.53. The zero-order chi connectivity index (χ0) is 20.3. The standard InChI is InChI=1S/C21H29N3O3/c1-13(2)27-21(26)18-14(3)19(22-15(18)4)20(25)24(7)12-16-8-10-17(11-9-16)23(5)6/h8-11,13,22H,12H2,1-7H3. The Kier molecular flexibility index (Phi) is 6.31. The summed E-state index contributed by atoms with van der Waals surface area (Å²) in [6, 6.07) is 8.07. The molecule has 2 rings (SSSR count). The van der Waals surface area contributed by atoms with E-state index in [1.807, 2.05) is 43.3 Å². The number of aromatic amines is 1. The van der Waals surface area contributed by atoms with Crippen LogP contribution in [0.5, 0.6) is 0 Å². The van der Waals surface area contributed by atoms with Crippen molar-refractivity contribution < 1.29 is 14.3 Å². The number of amides is 1. The van der Waals surface area contributed by atoms with Gasteiger partial charge in [-0.15, -0.1) is 0 Å². The van der Waals surface area contributed by atoms with Crippen molar-refractivity contribution in [1.82, 2.24) is 9.88 Å². The fourth-order valence-electron chi connectivity index (χ4n) is 2.98. The number of anilines is 1. The molecule has 6 nitrogen and oxygen atoms in total. The number of aryl methyl sites for hydroxylation is 1. The molecule has 0 bridgehead atoms. The molecule has 1 N–H and O–H groups in total. The number of H-pyrrole nitrogens is 1. The van der Waals surface area contributed by atoms with Crippen molar-refractivity contribution in [3.63, 3.8) is 0 Å². The molecule has 1 amide bonds. The smallest absolute Gasteiger partial charge is 0.340 e. The number of rotatable bonds is 6. The van der Waals surface area contributed by atoms with Crippen molar-refractivity contribution >= 4 is 17.6 Å². The highest BCUT2D eigenvalue weighted by molar-refractivity contribution is 6.00. The van der Waals surface area contributed by atoms with Gasteiger partial charge in [0.05, 0.1) is 11.7 Å². The van der Waals surface area contributed by atoms with E-state index < -0.39 is 5.97 Å². The van der Waals surface area contributed by atoms with Crippen molar-refractivity contribution in [3.05, 3.63) is 52.3 Å². The maximum Gasteiger partial charge on any atom is 0.340 e. The molecule has 1 aromatic heterocycles. The first-order valence-electron chi connectivity index (χ1n) is 9.03. The van der Waals surface area contributed by atoms with Crippen LogP contribution in [0.2, 0.25) is 0 Å². The SMILES string of the molecule is Cc1[nH]c(C(=O)N(C)Cc2ccc(N(C)C)cc2)c(C)c1C(=O)OC(C)C. The fourth-order valence-corrected chi connectivity index (χ4v) is 2.98. The number of carbonyl (C=O) groups excluding carboxylic acids is 2. The van der Waals surface area contributed by atoms with E-state index in [4.69, 9.17) is 4.74 Å². The van der Waals surface area contributed by atoms with Crippen molar-refractivity contribution in [2.75, 3.05) is 26.0 Å². The quantitative estimate of drug-likeness (QED) is 0.789. The van der Waals surface area contributed by atoms with E-state index in [2.05, 4.69) is 4.98 Å². The van der Waals surface area contributed by atoms with E-state index >= 15 is 0 Å². The number of hydrogen-bond donors (Lipinski definition) is 1. The minimum Gasteiger partial charge on any atom is -0.459 e. The van der Waals surface area contributed by atoms with Gasteiger partial charge in [-0.05, 0) is 51.0 Å². The second-order valence-corrected chi connectivity index (χ2v) is 7.30.